The van der Waals surface area contributed by atoms with Crippen molar-refractivity contribution in [3.63, 3.8) is 0 Å². The molecule has 2 N–H and O–H groups in total. The smallest absolute Gasteiger partial charge is 0.335 e. The number of carboxylic acids is 1. The highest BCUT2D eigenvalue weighted by Crippen LogP contribution is 2.34. The molecule has 4 rings (SSSR count). The lowest BCUT2D eigenvalue weighted by atomic mass is 10.1. The minimum atomic E-state index is -3.81. The van der Waals surface area contributed by atoms with Gasteiger partial charge in [0.2, 0.25) is 10.0 Å². The van der Waals surface area contributed by atoms with Crippen LogP contribution in [0.4, 0.5) is 5.82 Å². The maximum atomic E-state index is 12.6. The predicted molar refractivity (Wildman–Crippen MR) is 131 cm³/mol. The van der Waals surface area contributed by atoms with E-state index in [4.69, 9.17) is 28.3 Å². The van der Waals surface area contributed by atoms with Crippen LogP contribution in [-0.2, 0) is 10.0 Å². The van der Waals surface area contributed by atoms with Gasteiger partial charge in [-0.15, -0.1) is 0 Å². The zero-order valence-electron chi connectivity index (χ0n) is 17.8. The highest BCUT2D eigenvalue weighted by molar-refractivity contribution is 7.89. The average Bonchev–Trinajstić information content (AvgIpc) is 3.35. The third kappa shape index (κ3) is 4.85. The summed E-state index contributed by atoms with van der Waals surface area (Å²) in [4.78, 5) is 21.5. The number of carboxylic acid groups (broad SMARTS) is 1. The number of sulfonamides is 1. The first-order chi connectivity index (χ1) is 16.2. The third-order valence-corrected chi connectivity index (χ3v) is 7.43. The van der Waals surface area contributed by atoms with E-state index in [-0.39, 0.29) is 17.0 Å². The van der Waals surface area contributed by atoms with Crippen LogP contribution in [0.15, 0.2) is 66.1 Å². The molecule has 0 saturated carbocycles. The lowest BCUT2D eigenvalue weighted by Gasteiger charge is -2.21. The van der Waals surface area contributed by atoms with E-state index in [2.05, 4.69) is 14.7 Å². The van der Waals surface area contributed by atoms with Gasteiger partial charge in [-0.25, -0.2) is 27.9 Å². The first-order valence-corrected chi connectivity index (χ1v) is 12.2. The molecular formula is C22H19Cl2N5O4S. The first-order valence-electron chi connectivity index (χ1n) is 9.98. The van der Waals surface area contributed by atoms with Gasteiger partial charge >= 0.3 is 5.97 Å². The molecule has 9 nitrogen and oxygen atoms in total. The summed E-state index contributed by atoms with van der Waals surface area (Å²) in [5.41, 5.74) is 1.32. The minimum Gasteiger partial charge on any atom is -0.478 e. The zero-order chi connectivity index (χ0) is 24.5. The van der Waals surface area contributed by atoms with Crippen LogP contribution in [0.2, 0.25) is 10.0 Å². The summed E-state index contributed by atoms with van der Waals surface area (Å²) in [6, 6.07) is 10.4. The highest BCUT2D eigenvalue weighted by Gasteiger charge is 2.17. The van der Waals surface area contributed by atoms with Gasteiger partial charge < -0.3 is 14.6 Å². The Morgan fingerprint density at radius 3 is 2.56 bits per heavy atom. The molecule has 0 aliphatic carbocycles. The number of rotatable bonds is 8. The summed E-state index contributed by atoms with van der Waals surface area (Å²) >= 11 is 12.6. The zero-order valence-corrected chi connectivity index (χ0v) is 20.1. The second kappa shape index (κ2) is 9.59. The number of aromatic nitrogens is 3. The molecule has 176 valence electrons. The number of halogens is 2. The SMILES string of the molecule is CN(CCNS(=O)(=O)c1ccc(C(=O)O)cc1)c1cc(-n2ccnc2)c2ccc(Cl)c(Cl)c2n1. The van der Waals surface area contributed by atoms with E-state index in [0.29, 0.717) is 27.9 Å². The van der Waals surface area contributed by atoms with Crippen molar-refractivity contribution in [1.29, 1.82) is 0 Å². The highest BCUT2D eigenvalue weighted by atomic mass is 35.5. The van der Waals surface area contributed by atoms with Crippen LogP contribution in [-0.4, -0.2) is 54.2 Å². The Balaban J connectivity index is 1.55. The van der Waals surface area contributed by atoms with Crippen LogP contribution in [0.3, 0.4) is 0 Å². The Morgan fingerprint density at radius 2 is 1.91 bits per heavy atom. The molecule has 2 aromatic carbocycles. The first kappa shape index (κ1) is 24.0. The molecule has 0 amide bonds. The maximum absolute atomic E-state index is 12.6. The molecule has 12 heteroatoms. The molecule has 0 radical (unpaired) electrons. The van der Waals surface area contributed by atoms with Crippen molar-refractivity contribution in [2.75, 3.05) is 25.0 Å². The number of nitrogens with one attached hydrogen (secondary N) is 1. The van der Waals surface area contributed by atoms with E-state index < -0.39 is 16.0 Å². The van der Waals surface area contributed by atoms with E-state index in [1.54, 1.807) is 36.7 Å². The summed E-state index contributed by atoms with van der Waals surface area (Å²) in [5, 5.41) is 10.5. The van der Waals surface area contributed by atoms with Crippen LogP contribution >= 0.6 is 23.2 Å². The molecule has 4 aromatic rings. The van der Waals surface area contributed by atoms with Crippen molar-refractivity contribution >= 4 is 55.9 Å². The van der Waals surface area contributed by atoms with E-state index in [9.17, 15) is 13.2 Å². The number of benzene rings is 2. The second-order valence-electron chi connectivity index (χ2n) is 7.38. The topological polar surface area (TPSA) is 117 Å². The van der Waals surface area contributed by atoms with Crippen molar-refractivity contribution in [2.24, 2.45) is 0 Å². The Labute approximate surface area is 205 Å². The lowest BCUT2D eigenvalue weighted by Crippen LogP contribution is -2.33. The Hall–Kier alpha value is -3.18. The normalized spacial score (nSPS) is 11.6. The Bertz CT molecular complexity index is 1460. The average molecular weight is 520 g/mol. The monoisotopic (exact) mass is 519 g/mol. The summed E-state index contributed by atoms with van der Waals surface area (Å²) < 4.78 is 29.5. The van der Waals surface area contributed by atoms with Crippen LogP contribution in [0.5, 0.6) is 0 Å². The number of fused-ring (bicyclic) bond motifs is 1. The lowest BCUT2D eigenvalue weighted by molar-refractivity contribution is 0.0696. The van der Waals surface area contributed by atoms with Gasteiger partial charge in [0.05, 0.1) is 38.0 Å². The van der Waals surface area contributed by atoms with Gasteiger partial charge in [0.1, 0.15) is 5.82 Å². The summed E-state index contributed by atoms with van der Waals surface area (Å²) in [7, 11) is -2.03. The van der Waals surface area contributed by atoms with E-state index >= 15 is 0 Å². The molecule has 2 aromatic heterocycles. The van der Waals surface area contributed by atoms with Crippen LogP contribution in [0, 0.1) is 0 Å². The van der Waals surface area contributed by atoms with Gasteiger partial charge in [-0.05, 0) is 36.4 Å². The van der Waals surface area contributed by atoms with E-state index in [1.165, 1.54) is 24.3 Å². The van der Waals surface area contributed by atoms with E-state index in [0.717, 1.165) is 11.1 Å². The van der Waals surface area contributed by atoms with Crippen molar-refractivity contribution in [2.45, 2.75) is 4.90 Å². The molecule has 0 bridgehead atoms. The Kier molecular flexibility index (Phi) is 6.76. The maximum Gasteiger partial charge on any atom is 0.335 e. The summed E-state index contributed by atoms with van der Waals surface area (Å²) in [5.74, 6) is -0.566. The number of likely N-dealkylation sites (N-methyl/N-ethyl adjacent to an activating group) is 1. The van der Waals surface area contributed by atoms with Crippen molar-refractivity contribution in [1.82, 2.24) is 19.3 Å². The van der Waals surface area contributed by atoms with E-state index in [1.807, 2.05) is 16.7 Å². The Morgan fingerprint density at radius 1 is 1.18 bits per heavy atom. The number of nitrogens with zero attached hydrogens (tertiary/aromatic N) is 4. The van der Waals surface area contributed by atoms with Gasteiger partial charge in [0.15, 0.2) is 0 Å². The summed E-state index contributed by atoms with van der Waals surface area (Å²) in [6.07, 6.45) is 5.11. The van der Waals surface area contributed by atoms with Crippen molar-refractivity contribution in [3.8, 4) is 5.69 Å². The number of aromatic carboxylic acids is 1. The van der Waals surface area contributed by atoms with Gasteiger partial charge in [-0.3, -0.25) is 0 Å². The largest absolute Gasteiger partial charge is 0.478 e. The fraction of sp³-hybridized carbons (Fsp3) is 0.136. The third-order valence-electron chi connectivity index (χ3n) is 5.16. The molecule has 0 spiro atoms. The van der Waals surface area contributed by atoms with Gasteiger partial charge in [-0.2, -0.15) is 0 Å². The molecule has 0 aliphatic rings. The molecule has 0 unspecified atom stereocenters. The number of imidazole rings is 1. The van der Waals surface area contributed by atoms with Gasteiger partial charge in [-0.1, -0.05) is 23.2 Å². The van der Waals surface area contributed by atoms with Crippen molar-refractivity contribution < 1.29 is 18.3 Å². The van der Waals surface area contributed by atoms with Crippen LogP contribution < -0.4 is 9.62 Å². The van der Waals surface area contributed by atoms with Crippen LogP contribution in [0.25, 0.3) is 16.6 Å². The molecule has 0 atom stereocenters. The van der Waals surface area contributed by atoms with Gasteiger partial charge in [0.25, 0.3) is 0 Å². The number of hydrogen-bond donors (Lipinski definition) is 2. The van der Waals surface area contributed by atoms with Crippen LogP contribution in [0.1, 0.15) is 10.4 Å². The number of pyridine rings is 1. The molecule has 2 heterocycles. The molecule has 0 saturated heterocycles. The minimum absolute atomic E-state index is 0.00789. The number of hydrogen-bond acceptors (Lipinski definition) is 6. The predicted octanol–water partition coefficient (Wildman–Crippen LogP) is 3.84. The fourth-order valence-corrected chi connectivity index (χ4v) is 4.72. The standard InChI is InChI=1S/C22H19Cl2N5O4S/c1-28(10-9-26-34(32,33)15-4-2-14(3-5-15)22(30)31)19-12-18(29-11-8-25-13-29)16-6-7-17(23)20(24)21(16)27-19/h2-8,11-13,26H,9-10H2,1H3,(H,30,31). The quantitative estimate of drug-likeness (QED) is 0.363. The second-order valence-corrected chi connectivity index (χ2v) is 9.93. The molecular weight excluding hydrogens is 501 g/mol. The molecule has 0 aliphatic heterocycles. The van der Waals surface area contributed by atoms with Gasteiger partial charge in [0, 0.05) is 44.0 Å². The summed E-state index contributed by atoms with van der Waals surface area (Å²) in [6.45, 7) is 0.384. The number of anilines is 1. The molecule has 0 fully saturated rings. The number of carbonyl (C=O) groups is 1. The fourth-order valence-electron chi connectivity index (χ4n) is 3.34. The molecule has 34 heavy (non-hydrogen) atoms. The van der Waals surface area contributed by atoms with Crippen molar-refractivity contribution in [3.05, 3.63) is 76.8 Å².